The van der Waals surface area contributed by atoms with Crippen molar-refractivity contribution < 1.29 is 4.42 Å². The number of rotatable bonds is 2. The van der Waals surface area contributed by atoms with E-state index in [4.69, 9.17) is 4.42 Å². The van der Waals surface area contributed by atoms with Crippen LogP contribution in [0.4, 0.5) is 0 Å². The zero-order chi connectivity index (χ0) is 14.0. The van der Waals surface area contributed by atoms with Gasteiger partial charge >= 0.3 is 0 Å². The summed E-state index contributed by atoms with van der Waals surface area (Å²) < 4.78 is 5.64. The molecule has 0 bridgehead atoms. The smallest absolute Gasteiger partial charge is 0.134 e. The molecular formula is C17H26O. The first-order valence-electron chi connectivity index (χ1n) is 6.85. The summed E-state index contributed by atoms with van der Waals surface area (Å²) >= 11 is 0. The van der Waals surface area contributed by atoms with E-state index in [0.29, 0.717) is 0 Å². The molecule has 18 heavy (non-hydrogen) atoms. The Morgan fingerprint density at radius 1 is 1.22 bits per heavy atom. The van der Waals surface area contributed by atoms with E-state index in [-0.39, 0.29) is 0 Å². The van der Waals surface area contributed by atoms with Crippen LogP contribution in [0.15, 0.2) is 23.7 Å². The fourth-order valence-corrected chi connectivity index (χ4v) is 1.67. The minimum atomic E-state index is 0.839. The molecule has 0 fully saturated rings. The van der Waals surface area contributed by atoms with Gasteiger partial charge in [0.2, 0.25) is 0 Å². The van der Waals surface area contributed by atoms with Gasteiger partial charge in [0.15, 0.2) is 0 Å². The number of furan rings is 1. The summed E-state index contributed by atoms with van der Waals surface area (Å²) in [5.74, 6) is 1.90. The summed E-state index contributed by atoms with van der Waals surface area (Å²) in [6.45, 7) is 15.7. The third kappa shape index (κ3) is 4.06. The van der Waals surface area contributed by atoms with Gasteiger partial charge in [0.1, 0.15) is 11.5 Å². The van der Waals surface area contributed by atoms with Crippen molar-refractivity contribution in [1.82, 2.24) is 0 Å². The van der Waals surface area contributed by atoms with E-state index in [1.807, 2.05) is 19.9 Å². The normalized spacial score (nSPS) is 11.3. The average Bonchev–Trinajstić information content (AvgIpc) is 2.79. The Hall–Kier alpha value is -1.50. The summed E-state index contributed by atoms with van der Waals surface area (Å²) in [5, 5.41) is 0. The lowest BCUT2D eigenvalue weighted by atomic mass is 10.0. The Kier molecular flexibility index (Phi) is 8.73. The second-order valence-electron chi connectivity index (χ2n) is 3.77. The fraction of sp³-hybridized carbons (Fsp3) is 0.412. The van der Waals surface area contributed by atoms with Crippen molar-refractivity contribution in [1.29, 1.82) is 0 Å². The molecule has 0 spiro atoms. The van der Waals surface area contributed by atoms with E-state index in [0.717, 1.165) is 29.9 Å². The number of fused-ring (bicyclic) bond motifs is 1. The Balaban J connectivity index is 0.000000509. The van der Waals surface area contributed by atoms with Crippen LogP contribution in [0.1, 0.15) is 63.2 Å². The summed E-state index contributed by atoms with van der Waals surface area (Å²) in [5.41, 5.74) is 2.25. The maximum Gasteiger partial charge on any atom is 0.134 e. The Labute approximate surface area is 112 Å². The molecule has 1 aromatic heterocycles. The molecule has 1 nitrogen and oxygen atoms in total. The van der Waals surface area contributed by atoms with Gasteiger partial charge in [-0.2, -0.15) is 0 Å². The van der Waals surface area contributed by atoms with Crippen molar-refractivity contribution in [2.45, 2.75) is 47.0 Å². The van der Waals surface area contributed by atoms with Crippen LogP contribution < -0.4 is 0 Å². The number of aryl methyl sites for hydroxylation is 1. The van der Waals surface area contributed by atoms with Gasteiger partial charge in [0.05, 0.1) is 0 Å². The molecule has 0 saturated carbocycles. The van der Waals surface area contributed by atoms with Gasteiger partial charge in [0.25, 0.3) is 0 Å². The van der Waals surface area contributed by atoms with Crippen molar-refractivity contribution in [2.75, 3.05) is 0 Å². The third-order valence-electron chi connectivity index (χ3n) is 2.30. The second-order valence-corrected chi connectivity index (χ2v) is 3.77. The van der Waals surface area contributed by atoms with Crippen molar-refractivity contribution >= 4 is 18.2 Å². The molecule has 0 amide bonds. The summed E-state index contributed by atoms with van der Waals surface area (Å²) in [7, 11) is 0. The zero-order valence-electron chi connectivity index (χ0n) is 12.3. The first-order valence-corrected chi connectivity index (χ1v) is 6.85. The topological polar surface area (TPSA) is 13.1 Å². The lowest BCUT2D eigenvalue weighted by Gasteiger charge is -2.01. The molecule has 0 atom stereocenters. The lowest BCUT2D eigenvalue weighted by molar-refractivity contribution is 0.499. The molecule has 0 radical (unpaired) electrons. The van der Waals surface area contributed by atoms with Crippen LogP contribution in [0.25, 0.3) is 18.2 Å². The molecule has 0 aliphatic heterocycles. The van der Waals surface area contributed by atoms with Gasteiger partial charge in [-0.05, 0) is 12.5 Å². The van der Waals surface area contributed by atoms with Gasteiger partial charge < -0.3 is 4.42 Å². The van der Waals surface area contributed by atoms with Gasteiger partial charge in [-0.3, -0.25) is 0 Å². The van der Waals surface area contributed by atoms with Crippen LogP contribution in [0.2, 0.25) is 0 Å². The maximum absolute atomic E-state index is 5.64. The highest BCUT2D eigenvalue weighted by Gasteiger charge is 2.15. The van der Waals surface area contributed by atoms with E-state index >= 15 is 0 Å². The van der Waals surface area contributed by atoms with Gasteiger partial charge in [-0.25, -0.2) is 0 Å². The number of hydrogen-bond donors (Lipinski definition) is 0. The minimum Gasteiger partial charge on any atom is -0.460 e. The number of hydrogen-bond acceptors (Lipinski definition) is 1. The van der Waals surface area contributed by atoms with Crippen LogP contribution in [0.3, 0.4) is 0 Å². The van der Waals surface area contributed by atoms with Gasteiger partial charge in [-0.15, -0.1) is 0 Å². The molecular weight excluding hydrogens is 220 g/mol. The quantitative estimate of drug-likeness (QED) is 0.626. The molecule has 1 heterocycles. The van der Waals surface area contributed by atoms with Gasteiger partial charge in [-0.1, -0.05) is 65.5 Å². The van der Waals surface area contributed by atoms with Crippen molar-refractivity contribution in [2.24, 2.45) is 0 Å². The van der Waals surface area contributed by atoms with E-state index in [9.17, 15) is 0 Å². The monoisotopic (exact) mass is 246 g/mol. The van der Waals surface area contributed by atoms with E-state index < -0.39 is 0 Å². The fourth-order valence-electron chi connectivity index (χ4n) is 1.67. The summed E-state index contributed by atoms with van der Waals surface area (Å²) in [6, 6.07) is 0. The summed E-state index contributed by atoms with van der Waals surface area (Å²) in [4.78, 5) is 0. The molecule has 0 saturated heterocycles. The molecule has 1 heteroatoms. The van der Waals surface area contributed by atoms with Crippen molar-refractivity contribution in [3.05, 3.63) is 41.9 Å². The molecule has 2 rings (SSSR count). The third-order valence-corrected chi connectivity index (χ3v) is 2.30. The summed E-state index contributed by atoms with van der Waals surface area (Å²) in [6.07, 6.45) is 11.1. The zero-order valence-corrected chi connectivity index (χ0v) is 12.3. The lowest BCUT2D eigenvalue weighted by Crippen LogP contribution is -1.89. The molecule has 1 aliphatic carbocycles. The van der Waals surface area contributed by atoms with E-state index in [1.54, 1.807) is 6.08 Å². The number of allylic oxidation sites excluding steroid dienone is 1. The predicted octanol–water partition coefficient (Wildman–Crippen LogP) is 5.97. The standard InChI is InChI=1S/C12H12O.C3H8.C2H6/c1-3-9-10-7-5-6-8-12(10)13-11(9)4-2;1-3-2;1-2/h3-5,7H,1-2,6,8H2;3H2,1-2H3;1-2H3. The highest BCUT2D eigenvalue weighted by Crippen LogP contribution is 2.29. The van der Waals surface area contributed by atoms with Gasteiger partial charge in [0, 0.05) is 17.5 Å². The van der Waals surface area contributed by atoms with Crippen LogP contribution >= 0.6 is 0 Å². The Bertz CT molecular complexity index is 394. The molecule has 0 unspecified atom stereocenters. The maximum atomic E-state index is 5.64. The van der Waals surface area contributed by atoms with Crippen molar-refractivity contribution in [3.63, 3.8) is 0 Å². The Morgan fingerprint density at radius 3 is 2.33 bits per heavy atom. The predicted molar refractivity (Wildman–Crippen MR) is 83.6 cm³/mol. The van der Waals surface area contributed by atoms with Crippen LogP contribution in [0.5, 0.6) is 0 Å². The molecule has 0 aromatic carbocycles. The minimum absolute atomic E-state index is 0.839. The van der Waals surface area contributed by atoms with Crippen LogP contribution in [0, 0.1) is 0 Å². The Morgan fingerprint density at radius 2 is 1.83 bits per heavy atom. The molecule has 0 N–H and O–H groups in total. The van der Waals surface area contributed by atoms with Crippen molar-refractivity contribution in [3.8, 4) is 0 Å². The largest absolute Gasteiger partial charge is 0.460 e. The molecule has 1 aliphatic rings. The highest BCUT2D eigenvalue weighted by molar-refractivity contribution is 5.73. The van der Waals surface area contributed by atoms with E-state index in [2.05, 4.69) is 39.2 Å². The average molecular weight is 246 g/mol. The molecule has 100 valence electrons. The van der Waals surface area contributed by atoms with Crippen LogP contribution in [-0.2, 0) is 6.42 Å². The van der Waals surface area contributed by atoms with E-state index in [1.165, 1.54) is 12.0 Å². The molecule has 1 aromatic rings. The van der Waals surface area contributed by atoms with Crippen LogP contribution in [-0.4, -0.2) is 0 Å². The first kappa shape index (κ1) is 16.5. The highest BCUT2D eigenvalue weighted by atomic mass is 16.3. The first-order chi connectivity index (χ1) is 8.78. The second kappa shape index (κ2) is 9.52. The SMILES string of the molecule is C=Cc1oc2c(c1C=C)C=CCC2.CC.CCC.